The molecule has 4 heteroatoms. The van der Waals surface area contributed by atoms with E-state index < -0.39 is 0 Å². The predicted molar refractivity (Wildman–Crippen MR) is 66.3 cm³/mol. The first-order chi connectivity index (χ1) is 7.33. The number of aliphatic hydroxyl groups excluding tert-OH is 1. The summed E-state index contributed by atoms with van der Waals surface area (Å²) in [5, 5.41) is 11.9. The largest absolute Gasteiger partial charge is 0.395 e. The van der Waals surface area contributed by atoms with E-state index in [1.54, 1.807) is 11.8 Å². The van der Waals surface area contributed by atoms with Crippen molar-refractivity contribution in [2.24, 2.45) is 5.73 Å². The van der Waals surface area contributed by atoms with Gasteiger partial charge in [-0.25, -0.2) is 0 Å². The van der Waals surface area contributed by atoms with E-state index in [1.807, 2.05) is 12.1 Å². The summed E-state index contributed by atoms with van der Waals surface area (Å²) < 4.78 is 0. The maximum Gasteiger partial charge on any atom is 0.0604 e. The van der Waals surface area contributed by atoms with Crippen LogP contribution in [0.5, 0.6) is 0 Å². The SMILES string of the molecule is CCSc1cccc(NCCO)c1CN. The monoisotopic (exact) mass is 226 g/mol. The first-order valence-corrected chi connectivity index (χ1v) is 6.11. The molecule has 0 atom stereocenters. The van der Waals surface area contributed by atoms with Crippen LogP contribution in [0, 0.1) is 0 Å². The van der Waals surface area contributed by atoms with Gasteiger partial charge in [0, 0.05) is 29.2 Å². The van der Waals surface area contributed by atoms with Gasteiger partial charge in [-0.05, 0) is 17.9 Å². The number of hydrogen-bond donors (Lipinski definition) is 3. The first-order valence-electron chi connectivity index (χ1n) is 5.13. The standard InChI is InChI=1S/C11H18N2OS/c1-2-15-11-5-3-4-10(9(11)8-12)13-6-7-14/h3-5,13-14H,2,6-8,12H2,1H3. The zero-order chi connectivity index (χ0) is 11.1. The molecule has 0 aliphatic heterocycles. The van der Waals surface area contributed by atoms with Gasteiger partial charge in [0.15, 0.2) is 0 Å². The summed E-state index contributed by atoms with van der Waals surface area (Å²) in [4.78, 5) is 1.22. The van der Waals surface area contributed by atoms with E-state index in [9.17, 15) is 0 Å². The molecule has 15 heavy (non-hydrogen) atoms. The molecule has 1 rings (SSSR count). The van der Waals surface area contributed by atoms with Crippen molar-refractivity contribution in [2.75, 3.05) is 24.2 Å². The highest BCUT2D eigenvalue weighted by Gasteiger charge is 2.05. The molecule has 84 valence electrons. The molecule has 0 amide bonds. The van der Waals surface area contributed by atoms with Crippen molar-refractivity contribution >= 4 is 17.4 Å². The van der Waals surface area contributed by atoms with Crippen LogP contribution in [0.15, 0.2) is 23.1 Å². The fraction of sp³-hybridized carbons (Fsp3) is 0.455. The van der Waals surface area contributed by atoms with E-state index in [0.29, 0.717) is 13.1 Å². The van der Waals surface area contributed by atoms with Gasteiger partial charge in [-0.2, -0.15) is 0 Å². The molecule has 0 aliphatic rings. The summed E-state index contributed by atoms with van der Waals surface area (Å²) in [6, 6.07) is 6.09. The first kappa shape index (κ1) is 12.4. The molecular weight excluding hydrogens is 208 g/mol. The van der Waals surface area contributed by atoms with Gasteiger partial charge < -0.3 is 16.2 Å². The minimum absolute atomic E-state index is 0.134. The highest BCUT2D eigenvalue weighted by Crippen LogP contribution is 2.27. The Morgan fingerprint density at radius 1 is 1.47 bits per heavy atom. The summed E-state index contributed by atoms with van der Waals surface area (Å²) in [5.74, 6) is 1.04. The van der Waals surface area contributed by atoms with Crippen molar-refractivity contribution in [3.63, 3.8) is 0 Å². The molecule has 0 saturated carbocycles. The molecule has 0 bridgehead atoms. The lowest BCUT2D eigenvalue weighted by atomic mass is 10.2. The van der Waals surface area contributed by atoms with Gasteiger partial charge >= 0.3 is 0 Å². The van der Waals surface area contributed by atoms with Crippen LogP contribution >= 0.6 is 11.8 Å². The number of thioether (sulfide) groups is 1. The summed E-state index contributed by atoms with van der Waals surface area (Å²) in [6.07, 6.45) is 0. The Balaban J connectivity index is 2.88. The lowest BCUT2D eigenvalue weighted by Gasteiger charge is -2.13. The number of nitrogens with one attached hydrogen (secondary N) is 1. The van der Waals surface area contributed by atoms with Crippen molar-refractivity contribution in [3.8, 4) is 0 Å². The summed E-state index contributed by atoms with van der Waals surface area (Å²) in [7, 11) is 0. The van der Waals surface area contributed by atoms with Gasteiger partial charge in [0.2, 0.25) is 0 Å². The lowest BCUT2D eigenvalue weighted by molar-refractivity contribution is 0.311. The number of benzene rings is 1. The molecule has 0 saturated heterocycles. The Morgan fingerprint density at radius 2 is 2.27 bits per heavy atom. The Labute approximate surface area is 95.1 Å². The van der Waals surface area contributed by atoms with Gasteiger partial charge in [-0.3, -0.25) is 0 Å². The maximum absolute atomic E-state index is 8.76. The van der Waals surface area contributed by atoms with Crippen LogP contribution in [0.2, 0.25) is 0 Å². The smallest absolute Gasteiger partial charge is 0.0604 e. The number of aliphatic hydroxyl groups is 1. The van der Waals surface area contributed by atoms with Crippen LogP contribution in [-0.2, 0) is 6.54 Å². The van der Waals surface area contributed by atoms with E-state index in [-0.39, 0.29) is 6.61 Å². The van der Waals surface area contributed by atoms with Crippen molar-refractivity contribution in [1.29, 1.82) is 0 Å². The second-order valence-electron chi connectivity index (χ2n) is 3.07. The Bertz CT molecular complexity index is 305. The average molecular weight is 226 g/mol. The van der Waals surface area contributed by atoms with Gasteiger partial charge in [0.25, 0.3) is 0 Å². The normalized spacial score (nSPS) is 10.3. The molecule has 0 spiro atoms. The summed E-state index contributed by atoms with van der Waals surface area (Å²) >= 11 is 1.79. The predicted octanol–water partition coefficient (Wildman–Crippen LogP) is 1.66. The second kappa shape index (κ2) is 6.71. The third-order valence-corrected chi connectivity index (χ3v) is 3.05. The quantitative estimate of drug-likeness (QED) is 0.646. The Morgan fingerprint density at radius 3 is 2.87 bits per heavy atom. The van der Waals surface area contributed by atoms with E-state index >= 15 is 0 Å². The number of anilines is 1. The number of rotatable bonds is 6. The molecule has 1 aromatic rings. The summed E-state index contributed by atoms with van der Waals surface area (Å²) in [6.45, 7) is 3.35. The second-order valence-corrected chi connectivity index (χ2v) is 4.38. The van der Waals surface area contributed by atoms with Crippen molar-refractivity contribution in [1.82, 2.24) is 0 Å². The molecule has 0 heterocycles. The van der Waals surface area contributed by atoms with Crippen LogP contribution in [0.3, 0.4) is 0 Å². The zero-order valence-electron chi connectivity index (χ0n) is 8.99. The lowest BCUT2D eigenvalue weighted by Crippen LogP contribution is -2.10. The zero-order valence-corrected chi connectivity index (χ0v) is 9.81. The maximum atomic E-state index is 8.76. The number of nitrogens with two attached hydrogens (primary N) is 1. The van der Waals surface area contributed by atoms with Crippen LogP contribution in [0.4, 0.5) is 5.69 Å². The van der Waals surface area contributed by atoms with E-state index in [0.717, 1.165) is 17.0 Å². The minimum Gasteiger partial charge on any atom is -0.395 e. The third-order valence-electron chi connectivity index (χ3n) is 2.06. The summed E-state index contributed by atoms with van der Waals surface area (Å²) in [5.41, 5.74) is 7.91. The van der Waals surface area contributed by atoms with Crippen molar-refractivity contribution in [2.45, 2.75) is 18.4 Å². The molecule has 0 unspecified atom stereocenters. The van der Waals surface area contributed by atoms with Crippen LogP contribution in [0.25, 0.3) is 0 Å². The third kappa shape index (κ3) is 3.41. The van der Waals surface area contributed by atoms with Crippen molar-refractivity contribution < 1.29 is 5.11 Å². The minimum atomic E-state index is 0.134. The molecule has 1 aromatic carbocycles. The Kier molecular flexibility index (Phi) is 5.53. The van der Waals surface area contributed by atoms with Crippen LogP contribution < -0.4 is 11.1 Å². The van der Waals surface area contributed by atoms with Gasteiger partial charge in [0.1, 0.15) is 0 Å². The highest BCUT2D eigenvalue weighted by atomic mass is 32.2. The fourth-order valence-corrected chi connectivity index (χ4v) is 2.28. The van der Waals surface area contributed by atoms with Gasteiger partial charge in [0.05, 0.1) is 6.61 Å². The van der Waals surface area contributed by atoms with Crippen molar-refractivity contribution in [3.05, 3.63) is 23.8 Å². The number of hydrogen-bond acceptors (Lipinski definition) is 4. The van der Waals surface area contributed by atoms with Crippen LogP contribution in [-0.4, -0.2) is 24.0 Å². The fourth-order valence-electron chi connectivity index (χ4n) is 1.42. The van der Waals surface area contributed by atoms with Gasteiger partial charge in [-0.15, -0.1) is 11.8 Å². The highest BCUT2D eigenvalue weighted by molar-refractivity contribution is 7.99. The molecular formula is C11H18N2OS. The topological polar surface area (TPSA) is 58.3 Å². The van der Waals surface area contributed by atoms with E-state index in [2.05, 4.69) is 18.3 Å². The van der Waals surface area contributed by atoms with E-state index in [1.165, 1.54) is 4.90 Å². The average Bonchev–Trinajstić information content (AvgIpc) is 2.27. The molecule has 4 N–H and O–H groups in total. The molecule has 0 aromatic heterocycles. The van der Waals surface area contributed by atoms with Crippen LogP contribution in [0.1, 0.15) is 12.5 Å². The molecule has 3 nitrogen and oxygen atoms in total. The molecule has 0 radical (unpaired) electrons. The van der Waals surface area contributed by atoms with E-state index in [4.69, 9.17) is 10.8 Å². The molecule has 0 fully saturated rings. The molecule has 0 aliphatic carbocycles. The Hall–Kier alpha value is -0.710. The van der Waals surface area contributed by atoms with Gasteiger partial charge in [-0.1, -0.05) is 13.0 Å².